The van der Waals surface area contributed by atoms with Crippen LogP contribution in [0.4, 0.5) is 0 Å². The quantitative estimate of drug-likeness (QED) is 0.373. The van der Waals surface area contributed by atoms with Crippen LogP contribution in [0.15, 0.2) is 46.9 Å². The van der Waals surface area contributed by atoms with E-state index in [2.05, 4.69) is 35.1 Å². The predicted octanol–water partition coefficient (Wildman–Crippen LogP) is 5.12. The standard InChI is InChI=1S/C26H35BrN2O4/c1-5-8-15-28-26(31)23(7-3)29(17-20-9-12-21(32-4)13-10-20)25(30)18-33-24-14-11-19(6-2)16-22(24)27/h9-14,16,23H,5-8,15,17-18H2,1-4H3,(H,28,31). The zero-order valence-corrected chi connectivity index (χ0v) is 21.6. The Bertz CT molecular complexity index is 902. The van der Waals surface area contributed by atoms with Crippen molar-refractivity contribution in [1.82, 2.24) is 10.2 Å². The molecule has 1 atom stereocenters. The van der Waals surface area contributed by atoms with Crippen molar-refractivity contribution in [2.45, 2.75) is 59.0 Å². The number of amides is 2. The number of halogens is 1. The van der Waals surface area contributed by atoms with Crippen LogP contribution < -0.4 is 14.8 Å². The molecule has 0 spiro atoms. The lowest BCUT2D eigenvalue weighted by atomic mass is 10.1. The number of methoxy groups -OCH3 is 1. The summed E-state index contributed by atoms with van der Waals surface area (Å²) in [7, 11) is 1.61. The Morgan fingerprint density at radius 2 is 1.76 bits per heavy atom. The molecule has 0 radical (unpaired) electrons. The second kappa shape index (κ2) is 13.9. The van der Waals surface area contributed by atoms with Crippen molar-refractivity contribution in [2.75, 3.05) is 20.3 Å². The molecule has 0 aromatic heterocycles. The molecule has 2 aromatic rings. The summed E-state index contributed by atoms with van der Waals surface area (Å²) in [6.07, 6.45) is 3.32. The van der Waals surface area contributed by atoms with Crippen molar-refractivity contribution in [3.63, 3.8) is 0 Å². The fourth-order valence-electron chi connectivity index (χ4n) is 3.46. The van der Waals surface area contributed by atoms with Gasteiger partial charge in [0.2, 0.25) is 5.91 Å². The molecule has 2 aromatic carbocycles. The molecule has 0 bridgehead atoms. The highest BCUT2D eigenvalue weighted by Gasteiger charge is 2.29. The van der Waals surface area contributed by atoms with E-state index < -0.39 is 6.04 Å². The highest BCUT2D eigenvalue weighted by molar-refractivity contribution is 9.10. The van der Waals surface area contributed by atoms with Gasteiger partial charge in [0.1, 0.15) is 17.5 Å². The largest absolute Gasteiger partial charge is 0.497 e. The number of aryl methyl sites for hydroxylation is 1. The molecule has 2 rings (SSSR count). The van der Waals surface area contributed by atoms with Gasteiger partial charge in [0.25, 0.3) is 5.91 Å². The first-order chi connectivity index (χ1) is 15.9. The molecule has 0 heterocycles. The zero-order valence-electron chi connectivity index (χ0n) is 20.0. The second-order valence-electron chi connectivity index (χ2n) is 7.85. The second-order valence-corrected chi connectivity index (χ2v) is 8.70. The van der Waals surface area contributed by atoms with Gasteiger partial charge in [0.05, 0.1) is 11.6 Å². The smallest absolute Gasteiger partial charge is 0.261 e. The summed E-state index contributed by atoms with van der Waals surface area (Å²) in [5.74, 6) is 0.964. The lowest BCUT2D eigenvalue weighted by Crippen LogP contribution is -2.50. The van der Waals surface area contributed by atoms with Crippen LogP contribution in [-0.2, 0) is 22.6 Å². The summed E-state index contributed by atoms with van der Waals surface area (Å²) in [6, 6.07) is 12.8. The zero-order chi connectivity index (χ0) is 24.2. The molecule has 1 unspecified atom stereocenters. The van der Waals surface area contributed by atoms with Crippen LogP contribution in [0.1, 0.15) is 51.2 Å². The molecule has 0 aliphatic rings. The Morgan fingerprint density at radius 3 is 2.33 bits per heavy atom. The Morgan fingerprint density at radius 1 is 1.06 bits per heavy atom. The molecular formula is C26H35BrN2O4. The molecule has 1 N–H and O–H groups in total. The van der Waals surface area contributed by atoms with Gasteiger partial charge in [-0.25, -0.2) is 0 Å². The van der Waals surface area contributed by atoms with E-state index in [1.54, 1.807) is 12.0 Å². The van der Waals surface area contributed by atoms with Gasteiger partial charge in [-0.15, -0.1) is 0 Å². The SMILES string of the molecule is CCCCNC(=O)C(CC)N(Cc1ccc(OC)cc1)C(=O)COc1ccc(CC)cc1Br. The lowest BCUT2D eigenvalue weighted by Gasteiger charge is -2.30. The molecule has 2 amide bonds. The first-order valence-electron chi connectivity index (χ1n) is 11.5. The number of ether oxygens (including phenoxy) is 2. The molecule has 0 fully saturated rings. The summed E-state index contributed by atoms with van der Waals surface area (Å²) >= 11 is 3.52. The maximum absolute atomic E-state index is 13.3. The summed E-state index contributed by atoms with van der Waals surface area (Å²) in [6.45, 7) is 6.83. The van der Waals surface area contributed by atoms with Crippen molar-refractivity contribution in [3.05, 3.63) is 58.1 Å². The molecule has 0 saturated carbocycles. The van der Waals surface area contributed by atoms with Crippen molar-refractivity contribution in [1.29, 1.82) is 0 Å². The summed E-state index contributed by atoms with van der Waals surface area (Å²) in [5, 5.41) is 2.97. The Labute approximate surface area is 205 Å². The van der Waals surface area contributed by atoms with Gasteiger partial charge in [-0.1, -0.05) is 45.4 Å². The van der Waals surface area contributed by atoms with Gasteiger partial charge in [-0.05, 0) is 70.6 Å². The number of nitrogens with zero attached hydrogens (tertiary/aromatic N) is 1. The molecular weight excluding hydrogens is 484 g/mol. The first kappa shape index (κ1) is 26.7. The van der Waals surface area contributed by atoms with E-state index in [1.165, 1.54) is 5.56 Å². The van der Waals surface area contributed by atoms with Gasteiger partial charge < -0.3 is 19.7 Å². The van der Waals surface area contributed by atoms with Crippen LogP contribution in [0.5, 0.6) is 11.5 Å². The first-order valence-corrected chi connectivity index (χ1v) is 12.3. The third-order valence-electron chi connectivity index (χ3n) is 5.48. The summed E-state index contributed by atoms with van der Waals surface area (Å²) < 4.78 is 11.9. The third-order valence-corrected chi connectivity index (χ3v) is 6.10. The maximum atomic E-state index is 13.3. The number of hydrogen-bond acceptors (Lipinski definition) is 4. The minimum Gasteiger partial charge on any atom is -0.497 e. The molecule has 180 valence electrons. The van der Waals surface area contributed by atoms with Gasteiger partial charge in [-0.3, -0.25) is 9.59 Å². The van der Waals surface area contributed by atoms with E-state index in [0.29, 0.717) is 25.3 Å². The maximum Gasteiger partial charge on any atom is 0.261 e. The lowest BCUT2D eigenvalue weighted by molar-refractivity contribution is -0.143. The molecule has 6 nitrogen and oxygen atoms in total. The van der Waals surface area contributed by atoms with Crippen molar-refractivity contribution < 1.29 is 19.1 Å². The highest BCUT2D eigenvalue weighted by atomic mass is 79.9. The van der Waals surface area contributed by atoms with E-state index in [1.807, 2.05) is 49.4 Å². The van der Waals surface area contributed by atoms with Crippen LogP contribution in [0.25, 0.3) is 0 Å². The van der Waals surface area contributed by atoms with E-state index >= 15 is 0 Å². The molecule has 0 aliphatic carbocycles. The van der Waals surface area contributed by atoms with Crippen LogP contribution in [0.2, 0.25) is 0 Å². The van der Waals surface area contributed by atoms with Gasteiger partial charge in [-0.2, -0.15) is 0 Å². The molecule has 7 heteroatoms. The fourth-order valence-corrected chi connectivity index (χ4v) is 4.00. The van der Waals surface area contributed by atoms with E-state index in [-0.39, 0.29) is 18.4 Å². The average molecular weight is 519 g/mol. The number of rotatable bonds is 13. The topological polar surface area (TPSA) is 67.9 Å². The Hall–Kier alpha value is -2.54. The number of carbonyl (C=O) groups is 2. The van der Waals surface area contributed by atoms with Gasteiger partial charge >= 0.3 is 0 Å². The van der Waals surface area contributed by atoms with Crippen LogP contribution >= 0.6 is 15.9 Å². The molecule has 0 saturated heterocycles. The van der Waals surface area contributed by atoms with Gasteiger partial charge in [0, 0.05) is 13.1 Å². The third kappa shape index (κ3) is 8.07. The number of nitrogens with one attached hydrogen (secondary N) is 1. The van der Waals surface area contributed by atoms with E-state index in [9.17, 15) is 9.59 Å². The Kier molecular flexibility index (Phi) is 11.2. The monoisotopic (exact) mass is 518 g/mol. The van der Waals surface area contributed by atoms with E-state index in [4.69, 9.17) is 9.47 Å². The minimum absolute atomic E-state index is 0.138. The van der Waals surface area contributed by atoms with Crippen molar-refractivity contribution in [2.24, 2.45) is 0 Å². The predicted molar refractivity (Wildman–Crippen MR) is 135 cm³/mol. The van der Waals surface area contributed by atoms with E-state index in [0.717, 1.165) is 35.0 Å². The number of benzene rings is 2. The summed E-state index contributed by atoms with van der Waals surface area (Å²) in [5.41, 5.74) is 2.09. The van der Waals surface area contributed by atoms with Crippen LogP contribution in [-0.4, -0.2) is 43.0 Å². The van der Waals surface area contributed by atoms with Crippen molar-refractivity contribution in [3.8, 4) is 11.5 Å². The number of hydrogen-bond donors (Lipinski definition) is 1. The van der Waals surface area contributed by atoms with Crippen LogP contribution in [0.3, 0.4) is 0 Å². The fraction of sp³-hybridized carbons (Fsp3) is 0.462. The molecule has 33 heavy (non-hydrogen) atoms. The molecule has 0 aliphatic heterocycles. The highest BCUT2D eigenvalue weighted by Crippen LogP contribution is 2.26. The number of carbonyl (C=O) groups excluding carboxylic acids is 2. The number of unbranched alkanes of at least 4 members (excludes halogenated alkanes) is 1. The van der Waals surface area contributed by atoms with Gasteiger partial charge in [0.15, 0.2) is 6.61 Å². The Balaban J connectivity index is 2.19. The average Bonchev–Trinajstić information content (AvgIpc) is 2.83. The summed E-state index contributed by atoms with van der Waals surface area (Å²) in [4.78, 5) is 27.8. The van der Waals surface area contributed by atoms with Crippen molar-refractivity contribution >= 4 is 27.7 Å². The van der Waals surface area contributed by atoms with Crippen LogP contribution in [0, 0.1) is 0 Å². The normalized spacial score (nSPS) is 11.5. The minimum atomic E-state index is -0.578.